The van der Waals surface area contributed by atoms with E-state index in [9.17, 15) is 8.42 Å². The van der Waals surface area contributed by atoms with Crippen LogP contribution in [0.4, 0.5) is 0 Å². The van der Waals surface area contributed by atoms with Gasteiger partial charge in [0.2, 0.25) is 10.0 Å². The highest BCUT2D eigenvalue weighted by Gasteiger charge is 2.45. The van der Waals surface area contributed by atoms with Gasteiger partial charge in [-0.25, -0.2) is 13.4 Å². The van der Waals surface area contributed by atoms with Crippen molar-refractivity contribution in [2.24, 2.45) is 5.92 Å². The molecule has 0 radical (unpaired) electrons. The summed E-state index contributed by atoms with van der Waals surface area (Å²) in [5.41, 5.74) is 2.59. The van der Waals surface area contributed by atoms with Crippen LogP contribution >= 0.6 is 11.3 Å². The Balaban J connectivity index is 1.40. The van der Waals surface area contributed by atoms with Crippen molar-refractivity contribution in [2.45, 2.75) is 29.9 Å². The molecule has 3 fully saturated rings. The van der Waals surface area contributed by atoms with Crippen LogP contribution in [0.2, 0.25) is 0 Å². The van der Waals surface area contributed by atoms with Gasteiger partial charge < -0.3 is 4.74 Å². The molecule has 0 amide bonds. The molecule has 134 valence electrons. The highest BCUT2D eigenvalue weighted by Crippen LogP contribution is 2.34. The summed E-state index contributed by atoms with van der Waals surface area (Å²) in [5.74, 6) is 0.804. The fourth-order valence-corrected chi connectivity index (χ4v) is 6.21. The highest BCUT2D eigenvalue weighted by atomic mass is 32.2. The Bertz CT molecular complexity index is 893. The standard InChI is InChI=1S/C17H21N3O3S2/c21-25(22,13-3-4-14-17(7-13)24-11-18-14)20-9-15-16(10-20)23-6-5-19(15)8-12-1-2-12/h3-4,7,11-12,15-16H,1-2,5-6,8-10H2/t15-,16-/m0/s1. The molecular weight excluding hydrogens is 358 g/mol. The van der Waals surface area contributed by atoms with Crippen LogP contribution in [0.1, 0.15) is 12.8 Å². The van der Waals surface area contributed by atoms with Crippen LogP contribution in [0.5, 0.6) is 0 Å². The van der Waals surface area contributed by atoms with Gasteiger partial charge >= 0.3 is 0 Å². The summed E-state index contributed by atoms with van der Waals surface area (Å²) in [5, 5.41) is 0. The van der Waals surface area contributed by atoms with E-state index >= 15 is 0 Å². The van der Waals surface area contributed by atoms with Crippen LogP contribution in [-0.2, 0) is 14.8 Å². The maximum atomic E-state index is 13.1. The zero-order chi connectivity index (χ0) is 17.0. The summed E-state index contributed by atoms with van der Waals surface area (Å²) in [6, 6.07) is 5.39. The van der Waals surface area contributed by atoms with E-state index < -0.39 is 10.0 Å². The molecule has 2 saturated heterocycles. The molecule has 1 aromatic heterocycles. The van der Waals surface area contributed by atoms with Crippen molar-refractivity contribution in [2.75, 3.05) is 32.8 Å². The Labute approximate surface area is 151 Å². The van der Waals surface area contributed by atoms with Crippen molar-refractivity contribution >= 4 is 31.6 Å². The fraction of sp³-hybridized carbons (Fsp3) is 0.588. The zero-order valence-electron chi connectivity index (χ0n) is 13.9. The molecule has 2 atom stereocenters. The summed E-state index contributed by atoms with van der Waals surface area (Å²) in [7, 11) is -3.50. The molecule has 1 saturated carbocycles. The van der Waals surface area contributed by atoms with E-state index in [-0.39, 0.29) is 12.1 Å². The van der Waals surface area contributed by atoms with Gasteiger partial charge in [0.15, 0.2) is 0 Å². The molecule has 2 aliphatic heterocycles. The van der Waals surface area contributed by atoms with Crippen LogP contribution < -0.4 is 0 Å². The third-order valence-electron chi connectivity index (χ3n) is 5.51. The first-order valence-electron chi connectivity index (χ1n) is 8.80. The molecule has 0 N–H and O–H groups in total. The van der Waals surface area contributed by atoms with Crippen molar-refractivity contribution in [3.63, 3.8) is 0 Å². The predicted molar refractivity (Wildman–Crippen MR) is 96.2 cm³/mol. The first-order valence-corrected chi connectivity index (χ1v) is 11.1. The minimum Gasteiger partial charge on any atom is -0.374 e. The number of morpholine rings is 1. The van der Waals surface area contributed by atoms with E-state index in [1.54, 1.807) is 28.0 Å². The number of fused-ring (bicyclic) bond motifs is 2. The lowest BCUT2D eigenvalue weighted by Crippen LogP contribution is -2.51. The lowest BCUT2D eigenvalue weighted by atomic mass is 10.1. The molecule has 6 nitrogen and oxygen atoms in total. The number of thiazole rings is 1. The Hall–Kier alpha value is -1.06. The molecule has 2 aromatic rings. The molecule has 3 heterocycles. The number of benzene rings is 1. The van der Waals surface area contributed by atoms with Crippen LogP contribution in [0.25, 0.3) is 10.2 Å². The Morgan fingerprint density at radius 3 is 3.00 bits per heavy atom. The maximum Gasteiger partial charge on any atom is 0.243 e. The van der Waals surface area contributed by atoms with Gasteiger partial charge in [-0.1, -0.05) is 0 Å². The first kappa shape index (κ1) is 16.1. The van der Waals surface area contributed by atoms with Crippen molar-refractivity contribution < 1.29 is 13.2 Å². The van der Waals surface area contributed by atoms with Gasteiger partial charge in [-0.15, -0.1) is 11.3 Å². The van der Waals surface area contributed by atoms with E-state index in [0.717, 1.165) is 29.2 Å². The summed E-state index contributed by atoms with van der Waals surface area (Å²) < 4.78 is 34.7. The lowest BCUT2D eigenvalue weighted by Gasteiger charge is -2.36. The molecule has 0 bridgehead atoms. The van der Waals surface area contributed by atoms with Gasteiger partial charge in [0.1, 0.15) is 0 Å². The van der Waals surface area contributed by atoms with Crippen molar-refractivity contribution in [3.8, 4) is 0 Å². The highest BCUT2D eigenvalue weighted by molar-refractivity contribution is 7.89. The minimum absolute atomic E-state index is 0.00518. The average Bonchev–Trinajstić information content (AvgIpc) is 3.12. The van der Waals surface area contributed by atoms with Gasteiger partial charge in [0, 0.05) is 26.2 Å². The van der Waals surface area contributed by atoms with Crippen LogP contribution in [0.3, 0.4) is 0 Å². The normalized spacial score (nSPS) is 28.5. The molecule has 8 heteroatoms. The van der Waals surface area contributed by atoms with Crippen molar-refractivity contribution in [1.82, 2.24) is 14.2 Å². The monoisotopic (exact) mass is 379 g/mol. The van der Waals surface area contributed by atoms with Crippen LogP contribution in [0.15, 0.2) is 28.6 Å². The quantitative estimate of drug-likeness (QED) is 0.810. The second-order valence-corrected chi connectivity index (χ2v) is 10.0. The number of rotatable bonds is 4. The topological polar surface area (TPSA) is 62.7 Å². The smallest absolute Gasteiger partial charge is 0.243 e. The molecule has 1 aromatic carbocycles. The fourth-order valence-electron chi connectivity index (χ4n) is 3.92. The second-order valence-electron chi connectivity index (χ2n) is 7.22. The number of sulfonamides is 1. The summed E-state index contributed by atoms with van der Waals surface area (Å²) >= 11 is 1.47. The SMILES string of the molecule is O=S(=O)(c1ccc2ncsc2c1)N1C[C@@H]2OCCN(CC3CC3)[C@H]2C1. The van der Waals surface area contributed by atoms with Crippen molar-refractivity contribution in [1.29, 1.82) is 0 Å². The number of hydrogen-bond acceptors (Lipinski definition) is 6. The Kier molecular flexibility index (Phi) is 3.87. The van der Waals surface area contributed by atoms with E-state index in [1.165, 1.54) is 24.2 Å². The Morgan fingerprint density at radius 1 is 1.28 bits per heavy atom. The van der Waals surface area contributed by atoms with Crippen LogP contribution in [-0.4, -0.2) is 67.5 Å². The second kappa shape index (κ2) is 5.99. The average molecular weight is 380 g/mol. The van der Waals surface area contributed by atoms with Gasteiger partial charge in [-0.3, -0.25) is 4.90 Å². The van der Waals surface area contributed by atoms with Gasteiger partial charge in [0.05, 0.1) is 39.4 Å². The largest absolute Gasteiger partial charge is 0.374 e. The van der Waals surface area contributed by atoms with E-state index in [4.69, 9.17) is 4.74 Å². The van der Waals surface area contributed by atoms with E-state index in [0.29, 0.717) is 24.6 Å². The molecule has 3 aliphatic rings. The predicted octanol–water partition coefficient (Wildman–Crippen LogP) is 1.78. The van der Waals surface area contributed by atoms with E-state index in [2.05, 4.69) is 9.88 Å². The van der Waals surface area contributed by atoms with E-state index in [1.807, 2.05) is 0 Å². The number of hydrogen-bond donors (Lipinski definition) is 0. The summed E-state index contributed by atoms with van der Waals surface area (Å²) in [6.07, 6.45) is 2.62. The van der Waals surface area contributed by atoms with Crippen LogP contribution in [0, 0.1) is 5.92 Å². The number of ether oxygens (including phenoxy) is 1. The summed E-state index contributed by atoms with van der Waals surface area (Å²) in [6.45, 7) is 3.69. The molecule has 5 rings (SSSR count). The maximum absolute atomic E-state index is 13.1. The summed E-state index contributed by atoms with van der Waals surface area (Å²) in [4.78, 5) is 7.04. The van der Waals surface area contributed by atoms with Crippen molar-refractivity contribution in [3.05, 3.63) is 23.7 Å². The number of nitrogens with zero attached hydrogens (tertiary/aromatic N) is 3. The molecule has 25 heavy (non-hydrogen) atoms. The molecular formula is C17H21N3O3S2. The molecule has 0 spiro atoms. The van der Waals surface area contributed by atoms with Gasteiger partial charge in [-0.2, -0.15) is 4.31 Å². The Morgan fingerprint density at radius 2 is 2.16 bits per heavy atom. The van der Waals surface area contributed by atoms with Gasteiger partial charge in [0.25, 0.3) is 0 Å². The number of aromatic nitrogens is 1. The molecule has 0 unspecified atom stereocenters. The zero-order valence-corrected chi connectivity index (χ0v) is 15.5. The third-order valence-corrected chi connectivity index (χ3v) is 8.13. The minimum atomic E-state index is -3.50. The lowest BCUT2D eigenvalue weighted by molar-refractivity contribution is -0.0483. The first-order chi connectivity index (χ1) is 12.1. The third kappa shape index (κ3) is 2.90. The van der Waals surface area contributed by atoms with Gasteiger partial charge in [-0.05, 0) is 37.0 Å². The molecule has 1 aliphatic carbocycles.